The Labute approximate surface area is 153 Å². The number of nitrogens with zero attached hydrogens (tertiary/aromatic N) is 1. The second kappa shape index (κ2) is 16.0. The summed E-state index contributed by atoms with van der Waals surface area (Å²) in [6, 6.07) is -0.652. The van der Waals surface area contributed by atoms with Crippen molar-refractivity contribution in [3.63, 3.8) is 0 Å². The molecule has 0 aromatic carbocycles. The van der Waals surface area contributed by atoms with Crippen LogP contribution in [0.5, 0.6) is 0 Å². The van der Waals surface area contributed by atoms with Gasteiger partial charge in [0.05, 0.1) is 6.61 Å². The molecule has 0 saturated heterocycles. The van der Waals surface area contributed by atoms with Gasteiger partial charge in [0.25, 0.3) is 0 Å². The van der Waals surface area contributed by atoms with E-state index in [-0.39, 0.29) is 6.61 Å². The highest BCUT2D eigenvalue weighted by atomic mass is 16.6. The molecule has 146 valence electrons. The quantitative estimate of drug-likeness (QED) is 0.233. The lowest BCUT2D eigenvalue weighted by molar-refractivity contribution is -0.148. The van der Waals surface area contributed by atoms with Gasteiger partial charge in [0, 0.05) is 7.05 Å². The van der Waals surface area contributed by atoms with E-state index in [0.717, 1.165) is 12.8 Å². The second-order valence-electron chi connectivity index (χ2n) is 6.50. The lowest BCUT2D eigenvalue weighted by Crippen LogP contribution is -2.41. The number of hydrogen-bond donors (Lipinski definition) is 0. The molecule has 0 N–H and O–H groups in total. The summed E-state index contributed by atoms with van der Waals surface area (Å²) in [7, 11) is 1.53. The summed E-state index contributed by atoms with van der Waals surface area (Å²) in [5.41, 5.74) is 0. The van der Waals surface area contributed by atoms with Crippen molar-refractivity contribution in [1.29, 1.82) is 0 Å². The van der Waals surface area contributed by atoms with Crippen LogP contribution >= 0.6 is 0 Å². The first kappa shape index (κ1) is 23.5. The van der Waals surface area contributed by atoms with Crippen molar-refractivity contribution in [2.24, 2.45) is 0 Å². The fraction of sp³-hybridized carbons (Fsp3) is 0.800. The van der Waals surface area contributed by atoms with Crippen molar-refractivity contribution < 1.29 is 19.1 Å². The number of carbonyl (C=O) groups excluding carboxylic acids is 2. The molecule has 5 nitrogen and oxygen atoms in total. The van der Waals surface area contributed by atoms with Crippen LogP contribution < -0.4 is 0 Å². The fourth-order valence-electron chi connectivity index (χ4n) is 2.43. The van der Waals surface area contributed by atoms with E-state index in [9.17, 15) is 9.59 Å². The van der Waals surface area contributed by atoms with E-state index in [1.54, 1.807) is 6.92 Å². The highest BCUT2D eigenvalue weighted by molar-refractivity contribution is 5.80. The van der Waals surface area contributed by atoms with Crippen LogP contribution in [-0.2, 0) is 14.3 Å². The Bertz CT molecular complexity index is 371. The highest BCUT2D eigenvalue weighted by Gasteiger charge is 2.24. The number of unbranched alkanes of at least 4 members (excludes halogenated alkanes) is 9. The van der Waals surface area contributed by atoms with Gasteiger partial charge in [0.2, 0.25) is 0 Å². The lowest BCUT2D eigenvalue weighted by atomic mass is 10.1. The fourth-order valence-corrected chi connectivity index (χ4v) is 2.43. The maximum absolute atomic E-state index is 11.9. The van der Waals surface area contributed by atoms with E-state index in [2.05, 4.69) is 13.5 Å². The molecule has 0 radical (unpaired) electrons. The number of hydrogen-bond acceptors (Lipinski definition) is 4. The zero-order valence-corrected chi connectivity index (χ0v) is 16.4. The maximum Gasteiger partial charge on any atom is 0.410 e. The van der Waals surface area contributed by atoms with Gasteiger partial charge in [-0.1, -0.05) is 77.4 Å². The third-order valence-corrected chi connectivity index (χ3v) is 4.28. The van der Waals surface area contributed by atoms with Gasteiger partial charge in [-0.25, -0.2) is 9.59 Å². The molecule has 0 aliphatic carbocycles. The first-order chi connectivity index (χ1) is 12.0. The molecule has 1 atom stereocenters. The molecule has 0 aromatic rings. The molecule has 5 heteroatoms. The predicted molar refractivity (Wildman–Crippen MR) is 102 cm³/mol. The average Bonchev–Trinajstić information content (AvgIpc) is 2.62. The molecule has 0 aromatic heterocycles. The number of esters is 1. The Balaban J connectivity index is 3.62. The molecule has 0 aliphatic heterocycles. The third-order valence-electron chi connectivity index (χ3n) is 4.28. The predicted octanol–water partition coefficient (Wildman–Crippen LogP) is 5.09. The maximum atomic E-state index is 11.9. The molecule has 1 unspecified atom stereocenters. The van der Waals surface area contributed by atoms with Crippen molar-refractivity contribution in [1.82, 2.24) is 4.90 Å². The number of rotatable bonds is 15. The van der Waals surface area contributed by atoms with Crippen LogP contribution in [0.25, 0.3) is 0 Å². The van der Waals surface area contributed by atoms with Crippen LogP contribution in [0.15, 0.2) is 12.7 Å². The van der Waals surface area contributed by atoms with E-state index in [4.69, 9.17) is 9.47 Å². The van der Waals surface area contributed by atoms with Gasteiger partial charge in [-0.15, -0.1) is 0 Å². The Morgan fingerprint density at radius 1 is 0.960 bits per heavy atom. The van der Waals surface area contributed by atoms with E-state index >= 15 is 0 Å². The minimum absolute atomic E-state index is 0.129. The molecular weight excluding hydrogens is 318 g/mol. The lowest BCUT2D eigenvalue weighted by Gasteiger charge is -2.22. The Kier molecular flexibility index (Phi) is 15.0. The average molecular weight is 356 g/mol. The number of carbonyl (C=O) groups is 2. The highest BCUT2D eigenvalue weighted by Crippen LogP contribution is 2.10. The minimum Gasteiger partial charge on any atom is -0.464 e. The summed E-state index contributed by atoms with van der Waals surface area (Å²) in [6.45, 7) is 7.89. The van der Waals surface area contributed by atoms with Gasteiger partial charge in [-0.05, 0) is 13.3 Å². The van der Waals surface area contributed by atoms with Crippen LogP contribution in [-0.4, -0.2) is 43.3 Å². The topological polar surface area (TPSA) is 55.8 Å². The van der Waals surface area contributed by atoms with Gasteiger partial charge in [-0.3, -0.25) is 4.90 Å². The van der Waals surface area contributed by atoms with E-state index in [0.29, 0.717) is 6.61 Å². The van der Waals surface area contributed by atoms with Crippen LogP contribution in [0.1, 0.15) is 78.1 Å². The largest absolute Gasteiger partial charge is 0.464 e. The molecule has 0 aliphatic rings. The van der Waals surface area contributed by atoms with Gasteiger partial charge >= 0.3 is 12.1 Å². The zero-order chi connectivity index (χ0) is 18.9. The first-order valence-electron chi connectivity index (χ1n) is 9.71. The molecule has 0 saturated carbocycles. The monoisotopic (exact) mass is 355 g/mol. The van der Waals surface area contributed by atoms with Crippen LogP contribution in [0.2, 0.25) is 0 Å². The second-order valence-corrected chi connectivity index (χ2v) is 6.50. The molecule has 0 rings (SSSR count). The van der Waals surface area contributed by atoms with E-state index in [1.165, 1.54) is 69.4 Å². The van der Waals surface area contributed by atoms with E-state index < -0.39 is 18.1 Å². The smallest absolute Gasteiger partial charge is 0.410 e. The normalized spacial score (nSPS) is 11.6. The summed E-state index contributed by atoms with van der Waals surface area (Å²) < 4.78 is 10.1. The van der Waals surface area contributed by atoms with Gasteiger partial charge in [0.15, 0.2) is 0 Å². The third kappa shape index (κ3) is 12.5. The molecule has 1 amide bonds. The van der Waals surface area contributed by atoms with Crippen molar-refractivity contribution in [2.75, 3.05) is 20.3 Å². The summed E-state index contributed by atoms with van der Waals surface area (Å²) in [6.07, 6.45) is 13.3. The van der Waals surface area contributed by atoms with Crippen LogP contribution in [0, 0.1) is 0 Å². The molecular formula is C20H37NO4. The van der Waals surface area contributed by atoms with Gasteiger partial charge in [-0.2, -0.15) is 0 Å². The Morgan fingerprint density at radius 3 is 2.00 bits per heavy atom. The Morgan fingerprint density at radius 2 is 1.48 bits per heavy atom. The van der Waals surface area contributed by atoms with Gasteiger partial charge < -0.3 is 9.47 Å². The van der Waals surface area contributed by atoms with Crippen molar-refractivity contribution in [2.45, 2.75) is 84.1 Å². The van der Waals surface area contributed by atoms with Gasteiger partial charge in [0.1, 0.15) is 12.6 Å². The standard InChI is InChI=1S/C20H37NO4/c1-5-7-8-9-10-11-12-13-14-15-17-24-19(22)18(3)21(4)20(23)25-16-6-2/h6,18H,2,5,7-17H2,1,3-4H3. The Hall–Kier alpha value is -1.52. The number of likely N-dealkylation sites (N-methyl/N-ethyl adjacent to an activating group) is 1. The number of amides is 1. The van der Waals surface area contributed by atoms with Crippen LogP contribution in [0.4, 0.5) is 4.79 Å². The summed E-state index contributed by atoms with van der Waals surface area (Å²) in [4.78, 5) is 24.8. The first-order valence-corrected chi connectivity index (χ1v) is 9.71. The number of ether oxygens (including phenoxy) is 2. The SMILES string of the molecule is C=CCOC(=O)N(C)C(C)C(=O)OCCCCCCCCCCCC. The van der Waals surface area contributed by atoms with Crippen LogP contribution in [0.3, 0.4) is 0 Å². The van der Waals surface area contributed by atoms with Crippen molar-refractivity contribution in [3.8, 4) is 0 Å². The molecule has 25 heavy (non-hydrogen) atoms. The molecule has 0 heterocycles. The van der Waals surface area contributed by atoms with Crippen molar-refractivity contribution >= 4 is 12.1 Å². The minimum atomic E-state index is -0.652. The summed E-state index contributed by atoms with van der Waals surface area (Å²) >= 11 is 0. The summed E-state index contributed by atoms with van der Waals surface area (Å²) in [5, 5.41) is 0. The molecule has 0 fully saturated rings. The molecule has 0 spiro atoms. The summed E-state index contributed by atoms with van der Waals surface area (Å²) in [5.74, 6) is -0.394. The zero-order valence-electron chi connectivity index (χ0n) is 16.4. The van der Waals surface area contributed by atoms with E-state index in [1.807, 2.05) is 0 Å². The van der Waals surface area contributed by atoms with Crippen molar-refractivity contribution in [3.05, 3.63) is 12.7 Å². The molecule has 0 bridgehead atoms.